The average molecular weight is 541 g/mol. The van der Waals surface area contributed by atoms with E-state index in [1.54, 1.807) is 22.7 Å². The molecule has 0 aliphatic carbocycles. The fourth-order valence-corrected chi connectivity index (χ4v) is 9.07. The molecule has 1 N–H and O–H groups in total. The molecule has 0 saturated carbocycles. The maximum Gasteiger partial charge on any atom is 0.310 e. The Labute approximate surface area is 230 Å². The number of rotatable bonds is 12. The van der Waals surface area contributed by atoms with Crippen molar-refractivity contribution in [1.82, 2.24) is 4.90 Å². The highest BCUT2D eigenvalue weighted by atomic mass is 32.2. The van der Waals surface area contributed by atoms with Crippen LogP contribution in [-0.4, -0.2) is 70.1 Å². The monoisotopic (exact) mass is 540 g/mol. The summed E-state index contributed by atoms with van der Waals surface area (Å²) < 4.78 is 4.92. The number of thioether (sulfide) groups is 1. The Balaban J connectivity index is 1.70. The van der Waals surface area contributed by atoms with Gasteiger partial charge in [0, 0.05) is 24.0 Å². The second kappa shape index (κ2) is 11.7. The Hall–Kier alpha value is -2.58. The molecule has 0 radical (unpaired) electrons. The minimum Gasteiger partial charge on any atom is -0.465 e. The molecule has 206 valence electrons. The number of benzene rings is 1. The first-order valence-electron chi connectivity index (χ1n) is 13.6. The largest absolute Gasteiger partial charge is 0.465 e. The van der Waals surface area contributed by atoms with Crippen LogP contribution in [0.2, 0.25) is 0 Å². The molecule has 1 aromatic rings. The highest BCUT2D eigenvalue weighted by Gasteiger charge is 2.76. The van der Waals surface area contributed by atoms with Gasteiger partial charge in [0.1, 0.15) is 6.04 Å². The van der Waals surface area contributed by atoms with Gasteiger partial charge >= 0.3 is 5.97 Å². The molecule has 38 heavy (non-hydrogen) atoms. The first-order chi connectivity index (χ1) is 18.2. The summed E-state index contributed by atoms with van der Waals surface area (Å²) in [6, 6.07) is 5.18. The molecule has 0 aromatic heterocycles. The molecule has 3 aliphatic heterocycles. The van der Waals surface area contributed by atoms with Crippen molar-refractivity contribution in [2.45, 2.75) is 62.5 Å². The standard InChI is InChI=1S/C30H40N2O5S/c1-6-8-9-10-16-37-29(36)24-23-18-21(5)30(38-23)25(24)27(34)32(14-15-33)26(30)28(35)31(13-7-2)22-17-19(3)11-12-20(22)4/h6-7,11-12,17,21,23-26,33H,1-2,8-10,13-16,18H2,3-5H3/t21?,23-,24+,25+,26?,30?/m1/s1. The van der Waals surface area contributed by atoms with E-state index in [0.717, 1.165) is 42.5 Å². The molecule has 4 rings (SSSR count). The number of hydrogen-bond donors (Lipinski definition) is 1. The minimum absolute atomic E-state index is 0.0451. The van der Waals surface area contributed by atoms with Crippen LogP contribution in [0, 0.1) is 31.6 Å². The van der Waals surface area contributed by atoms with Crippen LogP contribution in [0.25, 0.3) is 0 Å². The van der Waals surface area contributed by atoms with Gasteiger partial charge in [-0.2, -0.15) is 0 Å². The molecular formula is C30H40N2O5S. The number of nitrogens with zero attached hydrogens (tertiary/aromatic N) is 2. The van der Waals surface area contributed by atoms with Gasteiger partial charge in [-0.15, -0.1) is 24.9 Å². The Kier molecular flexibility index (Phi) is 8.72. The molecule has 6 atom stereocenters. The molecule has 3 unspecified atom stereocenters. The van der Waals surface area contributed by atoms with Crippen molar-refractivity contribution in [3.63, 3.8) is 0 Å². The lowest BCUT2D eigenvalue weighted by molar-refractivity contribution is -0.154. The fourth-order valence-electron chi connectivity index (χ4n) is 6.67. The second-order valence-electron chi connectivity index (χ2n) is 10.8. The van der Waals surface area contributed by atoms with Crippen LogP contribution in [0.5, 0.6) is 0 Å². The minimum atomic E-state index is -0.789. The van der Waals surface area contributed by atoms with Crippen molar-refractivity contribution in [2.24, 2.45) is 17.8 Å². The summed E-state index contributed by atoms with van der Waals surface area (Å²) in [6.45, 7) is 14.0. The van der Waals surface area contributed by atoms with E-state index < -0.39 is 22.6 Å². The highest BCUT2D eigenvalue weighted by Crippen LogP contribution is 2.68. The van der Waals surface area contributed by atoms with Crippen molar-refractivity contribution in [3.8, 4) is 0 Å². The van der Waals surface area contributed by atoms with Crippen LogP contribution in [0.15, 0.2) is 43.5 Å². The number of hydrogen-bond acceptors (Lipinski definition) is 6. The number of fused-ring (bicyclic) bond motifs is 1. The predicted molar refractivity (Wildman–Crippen MR) is 151 cm³/mol. The number of unbranched alkanes of at least 4 members (excludes halogenated alkanes) is 2. The van der Waals surface area contributed by atoms with Gasteiger partial charge in [0.05, 0.1) is 29.8 Å². The van der Waals surface area contributed by atoms with Crippen LogP contribution >= 0.6 is 11.8 Å². The zero-order chi connectivity index (χ0) is 27.6. The highest BCUT2D eigenvalue weighted by molar-refractivity contribution is 8.02. The Morgan fingerprint density at radius 3 is 2.71 bits per heavy atom. The topological polar surface area (TPSA) is 87.1 Å². The van der Waals surface area contributed by atoms with Gasteiger partial charge in [0.25, 0.3) is 5.91 Å². The molecule has 3 fully saturated rings. The summed E-state index contributed by atoms with van der Waals surface area (Å²) in [5.41, 5.74) is 2.76. The Bertz CT molecular complexity index is 1110. The zero-order valence-electron chi connectivity index (χ0n) is 22.7. The molecule has 2 bridgehead atoms. The lowest BCUT2D eigenvalue weighted by atomic mass is 9.66. The van der Waals surface area contributed by atoms with Crippen molar-refractivity contribution < 1.29 is 24.2 Å². The van der Waals surface area contributed by atoms with E-state index in [2.05, 4.69) is 20.1 Å². The summed E-state index contributed by atoms with van der Waals surface area (Å²) >= 11 is 1.62. The second-order valence-corrected chi connectivity index (χ2v) is 12.3. The molecular weight excluding hydrogens is 500 g/mol. The summed E-state index contributed by atoms with van der Waals surface area (Å²) in [5, 5.41) is 9.83. The number of aliphatic hydroxyl groups excluding tert-OH is 1. The lowest BCUT2D eigenvalue weighted by Crippen LogP contribution is -2.57. The first-order valence-corrected chi connectivity index (χ1v) is 14.5. The average Bonchev–Trinajstić information content (AvgIpc) is 3.48. The summed E-state index contributed by atoms with van der Waals surface area (Å²) in [7, 11) is 0. The van der Waals surface area contributed by atoms with Gasteiger partial charge in [0.2, 0.25) is 5.91 Å². The van der Waals surface area contributed by atoms with Gasteiger partial charge in [-0.05, 0) is 62.6 Å². The van der Waals surface area contributed by atoms with Gasteiger partial charge in [-0.3, -0.25) is 14.4 Å². The summed E-state index contributed by atoms with van der Waals surface area (Å²) in [6.07, 6.45) is 6.78. The van der Waals surface area contributed by atoms with Crippen molar-refractivity contribution in [3.05, 3.63) is 54.6 Å². The maximum atomic E-state index is 14.5. The number of aryl methyl sites for hydroxylation is 2. The third kappa shape index (κ3) is 4.70. The number of carbonyl (C=O) groups excluding carboxylic acids is 3. The molecule has 2 amide bonds. The number of aliphatic hydroxyl groups is 1. The SMILES string of the molecule is C=CCCCCOC(=O)[C@@H]1[C@H]2C(=O)N(CCO)C(C(=O)N(CC=C)c3cc(C)ccc3C)C23S[C@@H]1CC3C. The number of esters is 1. The number of allylic oxidation sites excluding steroid dienone is 1. The van der Waals surface area contributed by atoms with E-state index in [-0.39, 0.29) is 42.1 Å². The molecule has 1 aromatic carbocycles. The van der Waals surface area contributed by atoms with Crippen LogP contribution in [0.4, 0.5) is 5.69 Å². The zero-order valence-corrected chi connectivity index (χ0v) is 23.5. The third-order valence-corrected chi connectivity index (χ3v) is 10.4. The Morgan fingerprint density at radius 2 is 2.03 bits per heavy atom. The summed E-state index contributed by atoms with van der Waals surface area (Å²) in [4.78, 5) is 45.1. The van der Waals surface area contributed by atoms with E-state index in [1.807, 2.05) is 38.1 Å². The number of amides is 2. The number of ether oxygens (including phenoxy) is 1. The first kappa shape index (κ1) is 28.4. The van der Waals surface area contributed by atoms with Gasteiger partial charge in [0.15, 0.2) is 0 Å². The van der Waals surface area contributed by atoms with Gasteiger partial charge in [-0.1, -0.05) is 31.2 Å². The van der Waals surface area contributed by atoms with Crippen LogP contribution in [-0.2, 0) is 19.1 Å². The smallest absolute Gasteiger partial charge is 0.310 e. The van der Waals surface area contributed by atoms with Crippen LogP contribution in [0.1, 0.15) is 43.7 Å². The third-order valence-electron chi connectivity index (χ3n) is 8.37. The molecule has 3 heterocycles. The van der Waals surface area contributed by atoms with Crippen LogP contribution < -0.4 is 4.90 Å². The number of β-amino-alcohol motifs (C(OH)–C–C–N with tert-alkyl or cyclic N) is 1. The molecule has 7 nitrogen and oxygen atoms in total. The van der Waals surface area contributed by atoms with Gasteiger partial charge in [-0.25, -0.2) is 0 Å². The molecule has 3 aliphatic rings. The maximum absolute atomic E-state index is 14.5. The quantitative estimate of drug-likeness (QED) is 0.245. The summed E-state index contributed by atoms with van der Waals surface area (Å²) in [5.74, 6) is -1.96. The van der Waals surface area contributed by atoms with Crippen molar-refractivity contribution in [2.75, 3.05) is 31.2 Å². The van der Waals surface area contributed by atoms with E-state index in [4.69, 9.17) is 4.74 Å². The van der Waals surface area contributed by atoms with Crippen molar-refractivity contribution in [1.29, 1.82) is 0 Å². The van der Waals surface area contributed by atoms with Crippen molar-refractivity contribution >= 4 is 35.2 Å². The van der Waals surface area contributed by atoms with E-state index in [0.29, 0.717) is 13.2 Å². The van der Waals surface area contributed by atoms with Gasteiger partial charge < -0.3 is 19.6 Å². The number of anilines is 1. The normalized spacial score (nSPS) is 29.3. The van der Waals surface area contributed by atoms with E-state index >= 15 is 0 Å². The molecule has 3 saturated heterocycles. The molecule has 1 spiro atoms. The van der Waals surface area contributed by atoms with E-state index in [1.165, 1.54) is 4.90 Å². The number of likely N-dealkylation sites (tertiary alicyclic amines) is 1. The predicted octanol–water partition coefficient (Wildman–Crippen LogP) is 4.05. The Morgan fingerprint density at radius 1 is 1.26 bits per heavy atom. The fraction of sp³-hybridized carbons (Fsp3) is 0.567. The molecule has 8 heteroatoms. The lowest BCUT2D eigenvalue weighted by Gasteiger charge is -2.40. The van der Waals surface area contributed by atoms with Crippen LogP contribution in [0.3, 0.4) is 0 Å². The van der Waals surface area contributed by atoms with E-state index in [9.17, 15) is 19.5 Å². The number of carbonyl (C=O) groups is 3.